The number of nitro groups is 1. The molecule has 3 N–H and O–H groups in total. The highest BCUT2D eigenvalue weighted by molar-refractivity contribution is 7.80. The maximum Gasteiger partial charge on any atom is 0.283 e. The van der Waals surface area contributed by atoms with E-state index in [1.807, 2.05) is 0 Å². The van der Waals surface area contributed by atoms with Gasteiger partial charge in [-0.1, -0.05) is 23.7 Å². The minimum absolute atomic E-state index is 0.0925. The average Bonchev–Trinajstić information content (AvgIpc) is 2.54. The van der Waals surface area contributed by atoms with Crippen LogP contribution in [0.1, 0.15) is 10.4 Å². The van der Waals surface area contributed by atoms with Gasteiger partial charge in [0.2, 0.25) is 0 Å². The molecule has 0 aliphatic carbocycles. The van der Waals surface area contributed by atoms with Gasteiger partial charge in [0, 0.05) is 11.1 Å². The summed E-state index contributed by atoms with van der Waals surface area (Å²) in [4.78, 5) is 22.3. The van der Waals surface area contributed by atoms with Gasteiger partial charge < -0.3 is 5.32 Å². The lowest BCUT2D eigenvalue weighted by Gasteiger charge is -2.12. The number of hydrogen-bond acceptors (Lipinski definition) is 4. The van der Waals surface area contributed by atoms with E-state index in [1.165, 1.54) is 30.3 Å². The molecule has 0 fully saturated rings. The summed E-state index contributed by atoms with van der Waals surface area (Å²) in [5.41, 5.74) is 3.99. The van der Waals surface area contributed by atoms with Crippen molar-refractivity contribution in [3.63, 3.8) is 0 Å². The second-order valence-electron chi connectivity index (χ2n) is 4.43. The fourth-order valence-electron chi connectivity index (χ4n) is 1.74. The summed E-state index contributed by atoms with van der Waals surface area (Å²) in [6.45, 7) is 0. The molecule has 0 heterocycles. The summed E-state index contributed by atoms with van der Waals surface area (Å²) in [6, 6.07) is 9.43. The molecule has 0 unspecified atom stereocenters. The minimum atomic E-state index is -0.795. The molecule has 0 saturated heterocycles. The summed E-state index contributed by atoms with van der Waals surface area (Å²) in [6.07, 6.45) is 0. The van der Waals surface area contributed by atoms with Crippen LogP contribution in [0, 0.1) is 15.9 Å². The van der Waals surface area contributed by atoms with E-state index >= 15 is 0 Å². The number of nitrogens with one attached hydrogen (secondary N) is 3. The van der Waals surface area contributed by atoms with Crippen molar-refractivity contribution in [3.05, 3.63) is 69.0 Å². The van der Waals surface area contributed by atoms with Crippen LogP contribution in [0.2, 0.25) is 5.02 Å². The first kappa shape index (κ1) is 17.6. The smallest absolute Gasteiger partial charge is 0.283 e. The highest BCUT2D eigenvalue weighted by Gasteiger charge is 2.20. The SMILES string of the molecule is O=C(NNC(=S)Nc1ccccc1F)c1ccc(Cl)cc1[N+](=O)[O-]. The molecule has 0 aliphatic rings. The fraction of sp³-hybridized carbons (Fsp3) is 0. The van der Waals surface area contributed by atoms with Gasteiger partial charge in [-0.15, -0.1) is 0 Å². The first-order chi connectivity index (χ1) is 11.4. The average molecular weight is 369 g/mol. The predicted molar refractivity (Wildman–Crippen MR) is 91.3 cm³/mol. The van der Waals surface area contributed by atoms with Gasteiger partial charge in [-0.3, -0.25) is 25.8 Å². The topological polar surface area (TPSA) is 96.3 Å². The Balaban J connectivity index is 2.02. The Labute approximate surface area is 145 Å². The van der Waals surface area contributed by atoms with Gasteiger partial charge in [-0.2, -0.15) is 0 Å². The van der Waals surface area contributed by atoms with Crippen LogP contribution in [0.4, 0.5) is 15.8 Å². The van der Waals surface area contributed by atoms with Crippen molar-refractivity contribution in [3.8, 4) is 0 Å². The number of nitrogens with zero attached hydrogens (tertiary/aromatic N) is 1. The van der Waals surface area contributed by atoms with Crippen molar-refractivity contribution in [2.75, 3.05) is 5.32 Å². The van der Waals surface area contributed by atoms with E-state index in [4.69, 9.17) is 23.8 Å². The molecule has 124 valence electrons. The molecular weight excluding hydrogens is 359 g/mol. The van der Waals surface area contributed by atoms with Gasteiger partial charge in [-0.25, -0.2) is 4.39 Å². The molecule has 0 bridgehead atoms. The lowest BCUT2D eigenvalue weighted by molar-refractivity contribution is -0.385. The van der Waals surface area contributed by atoms with Crippen molar-refractivity contribution in [1.82, 2.24) is 10.9 Å². The highest BCUT2D eigenvalue weighted by Crippen LogP contribution is 2.22. The van der Waals surface area contributed by atoms with E-state index in [9.17, 15) is 19.3 Å². The third kappa shape index (κ3) is 4.37. The second kappa shape index (κ2) is 7.66. The second-order valence-corrected chi connectivity index (χ2v) is 5.28. The van der Waals surface area contributed by atoms with Gasteiger partial charge in [0.1, 0.15) is 11.4 Å². The number of anilines is 1. The molecule has 2 aromatic rings. The molecule has 10 heteroatoms. The molecule has 0 aromatic heterocycles. The normalized spacial score (nSPS) is 9.92. The monoisotopic (exact) mass is 368 g/mol. The minimum Gasteiger partial charge on any atom is -0.329 e. The molecule has 0 aliphatic heterocycles. The number of amides is 1. The predicted octanol–water partition coefficient (Wildman–Crippen LogP) is 3.02. The molecule has 0 saturated carbocycles. The molecule has 7 nitrogen and oxygen atoms in total. The number of para-hydroxylation sites is 1. The summed E-state index contributed by atoms with van der Waals surface area (Å²) in [5, 5.41) is 13.5. The van der Waals surface area contributed by atoms with E-state index in [0.717, 1.165) is 6.07 Å². The quantitative estimate of drug-likeness (QED) is 0.438. The van der Waals surface area contributed by atoms with E-state index in [1.54, 1.807) is 6.07 Å². The number of halogens is 2. The van der Waals surface area contributed by atoms with Crippen molar-refractivity contribution < 1.29 is 14.1 Å². The fourth-order valence-corrected chi connectivity index (χ4v) is 2.07. The molecule has 1 amide bonds. The van der Waals surface area contributed by atoms with Gasteiger partial charge in [0.25, 0.3) is 11.6 Å². The molecule has 2 rings (SSSR count). The van der Waals surface area contributed by atoms with Crippen molar-refractivity contribution >= 4 is 46.2 Å². The third-order valence-electron chi connectivity index (χ3n) is 2.81. The Bertz CT molecular complexity index is 818. The van der Waals surface area contributed by atoms with Crippen LogP contribution < -0.4 is 16.2 Å². The Morgan fingerprint density at radius 3 is 2.58 bits per heavy atom. The van der Waals surface area contributed by atoms with Crippen LogP contribution in [0.25, 0.3) is 0 Å². The van der Waals surface area contributed by atoms with E-state index in [0.29, 0.717) is 0 Å². The van der Waals surface area contributed by atoms with Crippen LogP contribution in [0.15, 0.2) is 42.5 Å². The number of benzene rings is 2. The summed E-state index contributed by atoms with van der Waals surface area (Å²) in [5.74, 6) is -1.32. The van der Waals surface area contributed by atoms with Gasteiger partial charge in [-0.05, 0) is 36.5 Å². The van der Waals surface area contributed by atoms with Crippen LogP contribution >= 0.6 is 23.8 Å². The molecule has 0 radical (unpaired) electrons. The zero-order valence-electron chi connectivity index (χ0n) is 11.9. The number of hydrazine groups is 1. The highest BCUT2D eigenvalue weighted by atomic mass is 35.5. The molecule has 0 spiro atoms. The van der Waals surface area contributed by atoms with E-state index in [2.05, 4.69) is 16.2 Å². The van der Waals surface area contributed by atoms with Gasteiger partial charge in [0.05, 0.1) is 10.6 Å². The van der Waals surface area contributed by atoms with Crippen molar-refractivity contribution in [2.45, 2.75) is 0 Å². The molecular formula is C14H10ClFN4O3S. The Kier molecular flexibility index (Phi) is 5.61. The lowest BCUT2D eigenvalue weighted by atomic mass is 10.2. The van der Waals surface area contributed by atoms with Crippen molar-refractivity contribution in [2.24, 2.45) is 0 Å². The van der Waals surface area contributed by atoms with E-state index in [-0.39, 0.29) is 21.4 Å². The van der Waals surface area contributed by atoms with Crippen LogP contribution in [-0.4, -0.2) is 15.9 Å². The maximum atomic E-state index is 13.5. The number of thiocarbonyl (C=S) groups is 1. The molecule has 0 atom stereocenters. The van der Waals surface area contributed by atoms with Crippen LogP contribution in [0.3, 0.4) is 0 Å². The summed E-state index contributed by atoms with van der Waals surface area (Å²) >= 11 is 10.6. The van der Waals surface area contributed by atoms with E-state index < -0.39 is 22.3 Å². The Hall–Kier alpha value is -2.78. The number of hydrogen-bond donors (Lipinski definition) is 3. The van der Waals surface area contributed by atoms with Crippen LogP contribution in [-0.2, 0) is 0 Å². The Morgan fingerprint density at radius 2 is 1.92 bits per heavy atom. The zero-order valence-corrected chi connectivity index (χ0v) is 13.5. The van der Waals surface area contributed by atoms with Crippen molar-refractivity contribution in [1.29, 1.82) is 0 Å². The number of carbonyl (C=O) groups excluding carboxylic acids is 1. The first-order valence-corrected chi connectivity index (χ1v) is 7.23. The van der Waals surface area contributed by atoms with Crippen LogP contribution in [0.5, 0.6) is 0 Å². The molecule has 2 aromatic carbocycles. The number of rotatable bonds is 3. The maximum absolute atomic E-state index is 13.5. The largest absolute Gasteiger partial charge is 0.329 e. The number of nitro benzene ring substituents is 1. The lowest BCUT2D eigenvalue weighted by Crippen LogP contribution is -2.44. The summed E-state index contributed by atoms with van der Waals surface area (Å²) < 4.78 is 13.5. The molecule has 24 heavy (non-hydrogen) atoms. The van der Waals surface area contributed by atoms with Gasteiger partial charge >= 0.3 is 0 Å². The zero-order chi connectivity index (χ0) is 17.7. The first-order valence-electron chi connectivity index (χ1n) is 6.44. The number of carbonyl (C=O) groups is 1. The standard InChI is InChI=1S/C14H10ClFN4O3S/c15-8-5-6-9(12(7-8)20(22)23)13(21)18-19-14(24)17-11-4-2-1-3-10(11)16/h1-7H,(H,18,21)(H2,17,19,24). The van der Waals surface area contributed by atoms with Gasteiger partial charge in [0.15, 0.2) is 5.11 Å². The summed E-state index contributed by atoms with van der Waals surface area (Å²) in [7, 11) is 0. The third-order valence-corrected chi connectivity index (χ3v) is 3.25. The Morgan fingerprint density at radius 1 is 1.21 bits per heavy atom.